The summed E-state index contributed by atoms with van der Waals surface area (Å²) in [7, 11) is 2.08. The molecule has 0 aliphatic carbocycles. The van der Waals surface area contributed by atoms with E-state index in [0.717, 1.165) is 37.6 Å². The highest BCUT2D eigenvalue weighted by Gasteiger charge is 2.35. The summed E-state index contributed by atoms with van der Waals surface area (Å²) in [4.78, 5) is 16.9. The van der Waals surface area contributed by atoms with E-state index in [1.807, 2.05) is 17.0 Å². The highest BCUT2D eigenvalue weighted by molar-refractivity contribution is 5.99. The maximum Gasteiger partial charge on any atom is 0.231 e. The molecule has 20 heavy (non-hydrogen) atoms. The first-order valence-electron chi connectivity index (χ1n) is 7.00. The van der Waals surface area contributed by atoms with Gasteiger partial charge in [-0.3, -0.25) is 4.79 Å². The number of nitrogens with zero attached hydrogens (tertiary/aromatic N) is 2. The van der Waals surface area contributed by atoms with Gasteiger partial charge in [0.15, 0.2) is 0 Å². The molecule has 1 saturated heterocycles. The average molecular weight is 296 g/mol. The quantitative estimate of drug-likeness (QED) is 0.857. The fraction of sp³-hybridized carbons (Fsp3) is 0.533. The largest absolute Gasteiger partial charge is 0.371 e. The molecule has 4 nitrogen and oxygen atoms in total. The lowest BCUT2D eigenvalue weighted by molar-refractivity contribution is -0.122. The van der Waals surface area contributed by atoms with Gasteiger partial charge in [0, 0.05) is 26.7 Å². The minimum atomic E-state index is 0. The molecule has 0 unspecified atom stereocenters. The first-order chi connectivity index (χ1) is 9.18. The van der Waals surface area contributed by atoms with Crippen molar-refractivity contribution in [3.63, 3.8) is 0 Å². The molecule has 1 aromatic rings. The van der Waals surface area contributed by atoms with Crippen molar-refractivity contribution in [3.05, 3.63) is 24.3 Å². The van der Waals surface area contributed by atoms with Gasteiger partial charge in [0.05, 0.1) is 17.3 Å². The second-order valence-corrected chi connectivity index (χ2v) is 5.64. The van der Waals surface area contributed by atoms with Gasteiger partial charge in [-0.1, -0.05) is 19.1 Å². The molecular formula is C15H22ClN3O. The van der Waals surface area contributed by atoms with Gasteiger partial charge in [-0.15, -0.1) is 12.4 Å². The Labute approximate surface area is 126 Å². The van der Waals surface area contributed by atoms with Gasteiger partial charge in [-0.05, 0) is 24.6 Å². The van der Waals surface area contributed by atoms with Crippen LogP contribution in [0.4, 0.5) is 11.4 Å². The highest BCUT2D eigenvalue weighted by Crippen LogP contribution is 2.33. The smallest absolute Gasteiger partial charge is 0.231 e. The average Bonchev–Trinajstić information content (AvgIpc) is 2.85. The van der Waals surface area contributed by atoms with Crippen LogP contribution in [0.3, 0.4) is 0 Å². The molecule has 0 radical (unpaired) electrons. The zero-order valence-electron chi connectivity index (χ0n) is 12.0. The summed E-state index contributed by atoms with van der Waals surface area (Å²) in [5.74, 6) is 0.828. The number of hydrogen-bond acceptors (Lipinski definition) is 3. The molecule has 2 atom stereocenters. The number of anilines is 2. The molecule has 2 aliphatic heterocycles. The number of carbonyl (C=O) groups excluding carboxylic acids is 1. The van der Waals surface area contributed by atoms with E-state index in [0.29, 0.717) is 5.92 Å². The summed E-state index contributed by atoms with van der Waals surface area (Å²) >= 11 is 0. The van der Waals surface area contributed by atoms with Crippen molar-refractivity contribution in [1.29, 1.82) is 0 Å². The van der Waals surface area contributed by atoms with Crippen LogP contribution in [0.1, 0.15) is 6.92 Å². The van der Waals surface area contributed by atoms with Crippen molar-refractivity contribution in [2.24, 2.45) is 11.8 Å². The predicted molar refractivity (Wildman–Crippen MR) is 84.8 cm³/mol. The monoisotopic (exact) mass is 295 g/mol. The number of nitrogens with one attached hydrogen (secondary N) is 1. The van der Waals surface area contributed by atoms with Crippen LogP contribution in [0, 0.1) is 11.8 Å². The molecule has 2 aliphatic rings. The standard InChI is InChI=1S/C15H21N3O.ClH/c1-11-9-16-10-12(11)15(19)18-8-7-17(2)13-5-3-4-6-14(13)18;/h3-6,11-12,16H,7-10H2,1-2H3;1H/t11-,12-;/m1./s1. The van der Waals surface area contributed by atoms with Gasteiger partial charge in [-0.2, -0.15) is 0 Å². The van der Waals surface area contributed by atoms with Crippen LogP contribution in [0.25, 0.3) is 0 Å². The third kappa shape index (κ3) is 2.50. The second-order valence-electron chi connectivity index (χ2n) is 5.64. The molecule has 1 fully saturated rings. The van der Waals surface area contributed by atoms with Gasteiger partial charge in [0.25, 0.3) is 0 Å². The minimum Gasteiger partial charge on any atom is -0.371 e. The molecule has 110 valence electrons. The van der Waals surface area contributed by atoms with E-state index in [4.69, 9.17) is 0 Å². The lowest BCUT2D eigenvalue weighted by Gasteiger charge is -2.37. The fourth-order valence-corrected chi connectivity index (χ4v) is 3.08. The molecule has 0 saturated carbocycles. The number of amides is 1. The number of para-hydroxylation sites is 2. The number of likely N-dealkylation sites (N-methyl/N-ethyl adjacent to an activating group) is 1. The molecular weight excluding hydrogens is 274 g/mol. The SMILES string of the molecule is C[C@@H]1CNC[C@H]1C(=O)N1CCN(C)c2ccccc21.Cl. The van der Waals surface area contributed by atoms with Crippen LogP contribution in [0.5, 0.6) is 0 Å². The van der Waals surface area contributed by atoms with Gasteiger partial charge in [0.1, 0.15) is 0 Å². The van der Waals surface area contributed by atoms with E-state index in [-0.39, 0.29) is 24.2 Å². The van der Waals surface area contributed by atoms with E-state index < -0.39 is 0 Å². The molecule has 3 rings (SSSR count). The van der Waals surface area contributed by atoms with Crippen LogP contribution in [0.2, 0.25) is 0 Å². The van der Waals surface area contributed by atoms with Crippen molar-refractivity contribution in [3.8, 4) is 0 Å². The molecule has 0 spiro atoms. The van der Waals surface area contributed by atoms with Crippen molar-refractivity contribution < 1.29 is 4.79 Å². The van der Waals surface area contributed by atoms with Gasteiger partial charge in [-0.25, -0.2) is 0 Å². The third-order valence-corrected chi connectivity index (χ3v) is 4.34. The Bertz CT molecular complexity index is 494. The minimum absolute atomic E-state index is 0. The maximum atomic E-state index is 12.7. The van der Waals surface area contributed by atoms with Crippen molar-refractivity contribution in [2.45, 2.75) is 6.92 Å². The van der Waals surface area contributed by atoms with Gasteiger partial charge < -0.3 is 15.1 Å². The summed E-state index contributed by atoms with van der Waals surface area (Å²) in [6, 6.07) is 8.18. The first-order valence-corrected chi connectivity index (χ1v) is 7.00. The molecule has 0 bridgehead atoms. The lowest BCUT2D eigenvalue weighted by Crippen LogP contribution is -2.46. The zero-order valence-corrected chi connectivity index (χ0v) is 12.8. The lowest BCUT2D eigenvalue weighted by atomic mass is 9.96. The molecule has 1 aromatic carbocycles. The van der Waals surface area contributed by atoms with Crippen molar-refractivity contribution in [1.82, 2.24) is 5.32 Å². The highest BCUT2D eigenvalue weighted by atomic mass is 35.5. The molecule has 2 heterocycles. The van der Waals surface area contributed by atoms with E-state index in [1.165, 1.54) is 0 Å². The number of halogens is 1. The Kier molecular flexibility index (Phi) is 4.55. The summed E-state index contributed by atoms with van der Waals surface area (Å²) < 4.78 is 0. The van der Waals surface area contributed by atoms with Gasteiger partial charge >= 0.3 is 0 Å². The van der Waals surface area contributed by atoms with E-state index in [2.05, 4.69) is 36.3 Å². The molecule has 5 heteroatoms. The Morgan fingerprint density at radius 1 is 1.20 bits per heavy atom. The Morgan fingerprint density at radius 3 is 2.55 bits per heavy atom. The third-order valence-electron chi connectivity index (χ3n) is 4.34. The molecule has 1 N–H and O–H groups in total. The zero-order chi connectivity index (χ0) is 13.4. The molecule has 0 aromatic heterocycles. The topological polar surface area (TPSA) is 35.6 Å². The Balaban J connectivity index is 0.00000147. The summed E-state index contributed by atoms with van der Waals surface area (Å²) in [6.07, 6.45) is 0. The van der Waals surface area contributed by atoms with Crippen LogP contribution >= 0.6 is 12.4 Å². The summed E-state index contributed by atoms with van der Waals surface area (Å²) in [5, 5.41) is 3.32. The van der Waals surface area contributed by atoms with E-state index in [9.17, 15) is 4.79 Å². The first kappa shape index (κ1) is 15.1. The van der Waals surface area contributed by atoms with Crippen LogP contribution < -0.4 is 15.1 Å². The Morgan fingerprint density at radius 2 is 1.90 bits per heavy atom. The van der Waals surface area contributed by atoms with Crippen molar-refractivity contribution in [2.75, 3.05) is 43.0 Å². The van der Waals surface area contributed by atoms with Crippen molar-refractivity contribution >= 4 is 29.7 Å². The fourth-order valence-electron chi connectivity index (χ4n) is 3.08. The number of hydrogen-bond donors (Lipinski definition) is 1. The number of carbonyl (C=O) groups is 1. The summed E-state index contributed by atoms with van der Waals surface area (Å²) in [6.45, 7) is 5.61. The second kappa shape index (κ2) is 6.02. The van der Waals surface area contributed by atoms with Crippen LogP contribution in [-0.2, 0) is 4.79 Å². The normalized spacial score (nSPS) is 25.1. The van der Waals surface area contributed by atoms with Crippen LogP contribution in [-0.4, -0.2) is 39.1 Å². The van der Waals surface area contributed by atoms with Crippen LogP contribution in [0.15, 0.2) is 24.3 Å². The number of benzene rings is 1. The number of rotatable bonds is 1. The summed E-state index contributed by atoms with van der Waals surface area (Å²) in [5.41, 5.74) is 2.21. The Hall–Kier alpha value is -1.26. The molecule has 1 amide bonds. The maximum absolute atomic E-state index is 12.7. The van der Waals surface area contributed by atoms with Gasteiger partial charge in [0.2, 0.25) is 5.91 Å². The predicted octanol–water partition coefficient (Wildman–Crippen LogP) is 1.75. The van der Waals surface area contributed by atoms with E-state index in [1.54, 1.807) is 0 Å². The van der Waals surface area contributed by atoms with E-state index >= 15 is 0 Å². The number of fused-ring (bicyclic) bond motifs is 1.